The fourth-order valence-corrected chi connectivity index (χ4v) is 5.90. The quantitative estimate of drug-likeness (QED) is 0.166. The van der Waals surface area contributed by atoms with E-state index in [0.29, 0.717) is 5.82 Å². The lowest BCUT2D eigenvalue weighted by Gasteiger charge is -2.15. The monoisotopic (exact) mass is 535 g/mol. The summed E-state index contributed by atoms with van der Waals surface area (Å²) in [4.78, 5) is 14.6. The van der Waals surface area contributed by atoms with Crippen LogP contribution >= 0.6 is 0 Å². The van der Waals surface area contributed by atoms with E-state index in [1.807, 2.05) is 30.5 Å². The molecule has 2 aromatic heterocycles. The summed E-state index contributed by atoms with van der Waals surface area (Å²) in [6, 6.07) is 48.9. The van der Waals surface area contributed by atoms with Crippen LogP contribution in [0.25, 0.3) is 77.3 Å². The van der Waals surface area contributed by atoms with E-state index in [1.165, 1.54) is 32.3 Å². The average molecular weight is 536 g/mol. The molecule has 0 aliphatic rings. The molecule has 0 amide bonds. The van der Waals surface area contributed by atoms with Crippen molar-refractivity contribution in [1.29, 1.82) is 0 Å². The molecule has 0 radical (unpaired) electrons. The van der Waals surface area contributed by atoms with E-state index in [2.05, 4.69) is 120 Å². The Labute approximate surface area is 243 Å². The van der Waals surface area contributed by atoms with E-state index in [4.69, 9.17) is 9.97 Å². The lowest BCUT2D eigenvalue weighted by molar-refractivity contribution is 1.19. The summed E-state index contributed by atoms with van der Waals surface area (Å²) in [5.41, 5.74) is 7.16. The molecule has 196 valence electrons. The second-order valence-electron chi connectivity index (χ2n) is 10.5. The molecule has 0 saturated carbocycles. The summed E-state index contributed by atoms with van der Waals surface area (Å²) >= 11 is 0. The van der Waals surface area contributed by atoms with Gasteiger partial charge in [0.25, 0.3) is 0 Å². The lowest BCUT2D eigenvalue weighted by atomic mass is 9.91. The van der Waals surface area contributed by atoms with Crippen molar-refractivity contribution in [1.82, 2.24) is 15.0 Å². The zero-order valence-corrected chi connectivity index (χ0v) is 22.8. The van der Waals surface area contributed by atoms with Crippen molar-refractivity contribution in [3.63, 3.8) is 0 Å². The topological polar surface area (TPSA) is 38.7 Å². The molecule has 8 aromatic rings. The largest absolute Gasteiger partial charge is 0.264 e. The second kappa shape index (κ2) is 10.1. The van der Waals surface area contributed by atoms with E-state index in [9.17, 15) is 0 Å². The summed E-state index contributed by atoms with van der Waals surface area (Å²) in [7, 11) is 0. The minimum atomic E-state index is 0.710. The molecule has 8 rings (SSSR count). The molecule has 0 unspecified atom stereocenters. The minimum absolute atomic E-state index is 0.710. The van der Waals surface area contributed by atoms with Gasteiger partial charge >= 0.3 is 0 Å². The van der Waals surface area contributed by atoms with Crippen LogP contribution in [0.15, 0.2) is 152 Å². The lowest BCUT2D eigenvalue weighted by Crippen LogP contribution is -1.97. The van der Waals surface area contributed by atoms with Gasteiger partial charge in [-0.25, -0.2) is 9.97 Å². The van der Waals surface area contributed by atoms with Gasteiger partial charge in [0.15, 0.2) is 5.82 Å². The van der Waals surface area contributed by atoms with Crippen LogP contribution in [0.3, 0.4) is 0 Å². The van der Waals surface area contributed by atoms with Crippen molar-refractivity contribution in [3.05, 3.63) is 152 Å². The average Bonchev–Trinajstić information content (AvgIpc) is 3.08. The van der Waals surface area contributed by atoms with Crippen molar-refractivity contribution in [2.75, 3.05) is 0 Å². The van der Waals surface area contributed by atoms with Crippen molar-refractivity contribution in [2.45, 2.75) is 0 Å². The van der Waals surface area contributed by atoms with Gasteiger partial charge in [0.2, 0.25) is 0 Å². The summed E-state index contributed by atoms with van der Waals surface area (Å²) in [6.45, 7) is 0. The molecule has 0 bridgehead atoms. The zero-order chi connectivity index (χ0) is 27.9. The molecule has 42 heavy (non-hydrogen) atoms. The van der Waals surface area contributed by atoms with Gasteiger partial charge in [-0.05, 0) is 61.6 Å². The van der Waals surface area contributed by atoms with Gasteiger partial charge in [-0.3, -0.25) is 4.98 Å². The number of fused-ring (bicyclic) bond motifs is 4. The van der Waals surface area contributed by atoms with Crippen molar-refractivity contribution < 1.29 is 0 Å². The summed E-state index contributed by atoms with van der Waals surface area (Å²) in [6.07, 6.45) is 3.69. The van der Waals surface area contributed by atoms with Gasteiger partial charge in [0.05, 0.1) is 11.4 Å². The SMILES string of the molecule is c1ccc(-c2nc(-c3ccc(-c4cccnc4)cc3)cc(-c3c4ccccc4cc4c3ccc3ccccc34)n2)cc1. The Morgan fingerprint density at radius 3 is 1.88 bits per heavy atom. The standard InChI is InChI=1S/C39H25N3/c1-2-10-29(11-3-1)39-41-36(28-18-16-26(17-19-28)31-13-8-22-40-25-31)24-37(42-39)38-33-15-7-5-12-30(33)23-35-32-14-6-4-9-27(32)20-21-34(35)38/h1-25H. The first-order chi connectivity index (χ1) is 20.8. The Kier molecular flexibility index (Phi) is 5.79. The number of hydrogen-bond donors (Lipinski definition) is 0. The van der Waals surface area contributed by atoms with Crippen LogP contribution in [-0.2, 0) is 0 Å². The van der Waals surface area contributed by atoms with Crippen molar-refractivity contribution in [2.24, 2.45) is 0 Å². The van der Waals surface area contributed by atoms with Gasteiger partial charge in [0, 0.05) is 29.1 Å². The first kappa shape index (κ1) is 24.2. The fraction of sp³-hybridized carbons (Fsp3) is 0. The smallest absolute Gasteiger partial charge is 0.160 e. The molecular weight excluding hydrogens is 510 g/mol. The van der Waals surface area contributed by atoms with Gasteiger partial charge in [-0.1, -0.05) is 121 Å². The molecule has 0 aliphatic heterocycles. The van der Waals surface area contributed by atoms with E-state index in [0.717, 1.165) is 39.2 Å². The molecule has 0 spiro atoms. The van der Waals surface area contributed by atoms with Crippen LogP contribution in [0.1, 0.15) is 0 Å². The van der Waals surface area contributed by atoms with Gasteiger partial charge in [0.1, 0.15) is 0 Å². The van der Waals surface area contributed by atoms with Crippen LogP contribution < -0.4 is 0 Å². The third kappa shape index (κ3) is 4.20. The second-order valence-corrected chi connectivity index (χ2v) is 10.5. The maximum absolute atomic E-state index is 5.23. The normalized spacial score (nSPS) is 11.3. The molecular formula is C39H25N3. The summed E-state index contributed by atoms with van der Waals surface area (Å²) < 4.78 is 0. The third-order valence-corrected chi connectivity index (χ3v) is 7.96. The number of benzene rings is 6. The van der Waals surface area contributed by atoms with Gasteiger partial charge in [-0.2, -0.15) is 0 Å². The van der Waals surface area contributed by atoms with Gasteiger partial charge in [-0.15, -0.1) is 0 Å². The highest BCUT2D eigenvalue weighted by atomic mass is 14.9. The Hall–Kier alpha value is -5.67. The Morgan fingerprint density at radius 2 is 1.07 bits per heavy atom. The summed E-state index contributed by atoms with van der Waals surface area (Å²) in [5, 5.41) is 7.25. The van der Waals surface area contributed by atoms with Crippen molar-refractivity contribution in [3.8, 4) is 45.0 Å². The van der Waals surface area contributed by atoms with Crippen LogP contribution in [0.5, 0.6) is 0 Å². The predicted molar refractivity (Wildman–Crippen MR) is 174 cm³/mol. The number of nitrogens with zero attached hydrogens (tertiary/aromatic N) is 3. The first-order valence-electron chi connectivity index (χ1n) is 14.1. The van der Waals surface area contributed by atoms with Crippen LogP contribution in [0, 0.1) is 0 Å². The highest BCUT2D eigenvalue weighted by Crippen LogP contribution is 2.40. The van der Waals surface area contributed by atoms with E-state index in [-0.39, 0.29) is 0 Å². The first-order valence-corrected chi connectivity index (χ1v) is 14.1. The molecule has 3 heteroatoms. The summed E-state index contributed by atoms with van der Waals surface area (Å²) in [5.74, 6) is 0.710. The van der Waals surface area contributed by atoms with E-state index in [1.54, 1.807) is 6.20 Å². The van der Waals surface area contributed by atoms with E-state index >= 15 is 0 Å². The number of rotatable bonds is 4. The van der Waals surface area contributed by atoms with Crippen LogP contribution in [0.2, 0.25) is 0 Å². The molecule has 6 aromatic carbocycles. The molecule has 0 aliphatic carbocycles. The number of aromatic nitrogens is 3. The van der Waals surface area contributed by atoms with Crippen LogP contribution in [0.4, 0.5) is 0 Å². The molecule has 2 heterocycles. The minimum Gasteiger partial charge on any atom is -0.264 e. The molecule has 0 saturated heterocycles. The molecule has 0 N–H and O–H groups in total. The Morgan fingerprint density at radius 1 is 0.381 bits per heavy atom. The Bertz CT molecular complexity index is 2220. The predicted octanol–water partition coefficient (Wildman–Crippen LogP) is 10.00. The van der Waals surface area contributed by atoms with E-state index < -0.39 is 0 Å². The zero-order valence-electron chi connectivity index (χ0n) is 22.8. The number of hydrogen-bond acceptors (Lipinski definition) is 3. The Balaban J connectivity index is 1.40. The van der Waals surface area contributed by atoms with Gasteiger partial charge < -0.3 is 0 Å². The maximum atomic E-state index is 5.23. The molecule has 3 nitrogen and oxygen atoms in total. The maximum Gasteiger partial charge on any atom is 0.160 e. The molecule has 0 fully saturated rings. The highest BCUT2D eigenvalue weighted by molar-refractivity contribution is 6.19. The molecule has 0 atom stereocenters. The highest BCUT2D eigenvalue weighted by Gasteiger charge is 2.17. The third-order valence-electron chi connectivity index (χ3n) is 7.96. The fourth-order valence-electron chi connectivity index (χ4n) is 5.90. The number of pyridine rings is 1. The van der Waals surface area contributed by atoms with Crippen LogP contribution in [-0.4, -0.2) is 15.0 Å². The van der Waals surface area contributed by atoms with Crippen molar-refractivity contribution >= 4 is 32.3 Å².